The van der Waals surface area contributed by atoms with Crippen LogP contribution in [-0.4, -0.2) is 9.67 Å². The smallest absolute Gasteiger partial charge is 0.161 e. The summed E-state index contributed by atoms with van der Waals surface area (Å²) in [6.07, 6.45) is 0. The Hall–Kier alpha value is -2.46. The molecule has 2 aromatic carbocycles. The number of hydrogen-bond acceptors (Lipinski definition) is 3. The van der Waals surface area contributed by atoms with Gasteiger partial charge in [0.1, 0.15) is 6.61 Å². The lowest BCUT2D eigenvalue weighted by atomic mass is 10.1. The fourth-order valence-electron chi connectivity index (χ4n) is 2.73. The summed E-state index contributed by atoms with van der Waals surface area (Å²) < 4.78 is 7.97. The van der Waals surface area contributed by atoms with Gasteiger partial charge in [0.2, 0.25) is 0 Å². The number of fused-ring (bicyclic) bond motifs is 1. The summed E-state index contributed by atoms with van der Waals surface area (Å²) in [4.78, 5) is 0. The number of nitrogens with two attached hydrogens (primary N) is 1. The molecule has 0 bridgehead atoms. The highest BCUT2D eigenvalue weighted by Crippen LogP contribution is 2.27. The van der Waals surface area contributed by atoms with Crippen LogP contribution in [0.1, 0.15) is 18.2 Å². The van der Waals surface area contributed by atoms with Crippen molar-refractivity contribution in [2.45, 2.75) is 26.6 Å². The van der Waals surface area contributed by atoms with Gasteiger partial charge in [-0.1, -0.05) is 18.2 Å². The molecule has 0 saturated heterocycles. The van der Waals surface area contributed by atoms with Gasteiger partial charge in [-0.25, -0.2) is 0 Å². The van der Waals surface area contributed by atoms with Crippen LogP contribution in [0.2, 0.25) is 0 Å². The standard InChI is InChI=1S/C18H20N2O2/c1-2-20-15(12-22-18-6-4-3-5-17(18)21)10-14-9-13(11-19)7-8-16(14)20/h3-10,21H,2,11-12,19H2,1H3. The molecule has 1 heterocycles. The lowest BCUT2D eigenvalue weighted by Gasteiger charge is -2.10. The van der Waals surface area contributed by atoms with Crippen LogP contribution in [0.25, 0.3) is 10.9 Å². The van der Waals surface area contributed by atoms with E-state index in [0.717, 1.165) is 17.8 Å². The molecule has 3 N–H and O–H groups in total. The molecule has 0 fully saturated rings. The van der Waals surface area contributed by atoms with Gasteiger partial charge in [-0.2, -0.15) is 0 Å². The van der Waals surface area contributed by atoms with Crippen molar-refractivity contribution in [1.29, 1.82) is 0 Å². The summed E-state index contributed by atoms with van der Waals surface area (Å²) in [6.45, 7) is 3.93. The Balaban J connectivity index is 1.91. The molecule has 0 saturated carbocycles. The highest BCUT2D eigenvalue weighted by atomic mass is 16.5. The first-order valence-corrected chi connectivity index (χ1v) is 7.45. The van der Waals surface area contributed by atoms with E-state index in [2.05, 4.69) is 35.8 Å². The molecule has 3 rings (SSSR count). The van der Waals surface area contributed by atoms with Gasteiger partial charge in [-0.15, -0.1) is 0 Å². The molecule has 4 heteroatoms. The second-order valence-corrected chi connectivity index (χ2v) is 5.23. The van der Waals surface area contributed by atoms with E-state index in [1.807, 2.05) is 6.07 Å². The minimum absolute atomic E-state index is 0.159. The summed E-state index contributed by atoms with van der Waals surface area (Å²) in [6, 6.07) is 15.4. The van der Waals surface area contributed by atoms with Crippen LogP contribution in [0, 0.1) is 0 Å². The van der Waals surface area contributed by atoms with Crippen molar-refractivity contribution >= 4 is 10.9 Å². The molecule has 0 atom stereocenters. The molecule has 0 spiro atoms. The first kappa shape index (κ1) is 14.5. The van der Waals surface area contributed by atoms with Crippen molar-refractivity contribution in [3.05, 3.63) is 59.8 Å². The molecule has 0 radical (unpaired) electrons. The average Bonchev–Trinajstić information content (AvgIpc) is 2.90. The van der Waals surface area contributed by atoms with Crippen LogP contribution in [0.4, 0.5) is 0 Å². The van der Waals surface area contributed by atoms with Gasteiger partial charge in [0.25, 0.3) is 0 Å². The van der Waals surface area contributed by atoms with Crippen molar-refractivity contribution in [3.8, 4) is 11.5 Å². The Labute approximate surface area is 129 Å². The number of aromatic nitrogens is 1. The molecular formula is C18H20N2O2. The molecule has 114 valence electrons. The Kier molecular flexibility index (Phi) is 4.02. The van der Waals surface area contributed by atoms with E-state index in [9.17, 15) is 5.11 Å². The predicted molar refractivity (Wildman–Crippen MR) is 87.9 cm³/mol. The molecule has 0 aliphatic carbocycles. The van der Waals surface area contributed by atoms with Crippen LogP contribution in [-0.2, 0) is 19.7 Å². The summed E-state index contributed by atoms with van der Waals surface area (Å²) in [5.74, 6) is 0.658. The normalized spacial score (nSPS) is 11.0. The van der Waals surface area contributed by atoms with E-state index in [1.165, 1.54) is 10.9 Å². The molecule has 1 aromatic heterocycles. The summed E-state index contributed by atoms with van der Waals surface area (Å²) >= 11 is 0. The number of nitrogens with zero attached hydrogens (tertiary/aromatic N) is 1. The zero-order chi connectivity index (χ0) is 15.5. The maximum absolute atomic E-state index is 9.78. The zero-order valence-electron chi connectivity index (χ0n) is 12.6. The zero-order valence-corrected chi connectivity index (χ0v) is 12.6. The van der Waals surface area contributed by atoms with Gasteiger partial charge < -0.3 is 20.1 Å². The van der Waals surface area contributed by atoms with E-state index in [0.29, 0.717) is 18.9 Å². The molecular weight excluding hydrogens is 276 g/mol. The largest absolute Gasteiger partial charge is 0.504 e. The highest BCUT2D eigenvalue weighted by Gasteiger charge is 2.10. The quantitative estimate of drug-likeness (QED) is 0.758. The Morgan fingerprint density at radius 1 is 1.14 bits per heavy atom. The average molecular weight is 296 g/mol. The SMILES string of the molecule is CCn1c(COc2ccccc2O)cc2cc(CN)ccc21. The van der Waals surface area contributed by atoms with Crippen molar-refractivity contribution in [2.24, 2.45) is 5.73 Å². The fourth-order valence-corrected chi connectivity index (χ4v) is 2.73. The fraction of sp³-hybridized carbons (Fsp3) is 0.222. The molecule has 4 nitrogen and oxygen atoms in total. The third-order valence-corrected chi connectivity index (χ3v) is 3.84. The van der Waals surface area contributed by atoms with Crippen LogP contribution in [0.5, 0.6) is 11.5 Å². The topological polar surface area (TPSA) is 60.4 Å². The van der Waals surface area contributed by atoms with Gasteiger partial charge in [0.05, 0.1) is 5.69 Å². The molecule has 0 aliphatic rings. The molecule has 0 unspecified atom stereocenters. The minimum Gasteiger partial charge on any atom is -0.504 e. The number of rotatable bonds is 5. The van der Waals surface area contributed by atoms with Gasteiger partial charge in [0.15, 0.2) is 11.5 Å². The number of ether oxygens (including phenoxy) is 1. The summed E-state index contributed by atoms with van der Waals surface area (Å²) in [5, 5.41) is 10.9. The molecule has 3 aromatic rings. The second-order valence-electron chi connectivity index (χ2n) is 5.23. The number of phenolic OH excluding ortho intramolecular Hbond substituents is 1. The highest BCUT2D eigenvalue weighted by molar-refractivity contribution is 5.82. The van der Waals surface area contributed by atoms with Crippen molar-refractivity contribution in [1.82, 2.24) is 4.57 Å². The van der Waals surface area contributed by atoms with Gasteiger partial charge in [0, 0.05) is 24.0 Å². The first-order valence-electron chi connectivity index (χ1n) is 7.45. The lowest BCUT2D eigenvalue weighted by molar-refractivity contribution is 0.280. The maximum atomic E-state index is 9.78. The first-order chi connectivity index (χ1) is 10.7. The number of hydrogen-bond donors (Lipinski definition) is 2. The monoisotopic (exact) mass is 296 g/mol. The molecule has 22 heavy (non-hydrogen) atoms. The summed E-state index contributed by atoms with van der Waals surface area (Å²) in [5.41, 5.74) is 9.08. The Morgan fingerprint density at radius 2 is 1.95 bits per heavy atom. The van der Waals surface area contributed by atoms with Gasteiger partial charge in [-0.3, -0.25) is 0 Å². The third-order valence-electron chi connectivity index (χ3n) is 3.84. The minimum atomic E-state index is 0.159. The Morgan fingerprint density at radius 3 is 2.68 bits per heavy atom. The van der Waals surface area contributed by atoms with Gasteiger partial charge in [-0.05, 0) is 42.8 Å². The van der Waals surface area contributed by atoms with Crippen LogP contribution < -0.4 is 10.5 Å². The van der Waals surface area contributed by atoms with Crippen LogP contribution >= 0.6 is 0 Å². The maximum Gasteiger partial charge on any atom is 0.161 e. The van der Waals surface area contributed by atoms with Crippen molar-refractivity contribution < 1.29 is 9.84 Å². The van der Waals surface area contributed by atoms with E-state index >= 15 is 0 Å². The lowest BCUT2D eigenvalue weighted by Crippen LogP contribution is -2.04. The third kappa shape index (κ3) is 2.65. The van der Waals surface area contributed by atoms with Gasteiger partial charge >= 0.3 is 0 Å². The number of benzene rings is 2. The summed E-state index contributed by atoms with van der Waals surface area (Å²) in [7, 11) is 0. The molecule has 0 amide bonds. The Bertz CT molecular complexity index is 793. The van der Waals surface area contributed by atoms with Crippen LogP contribution in [0.3, 0.4) is 0 Å². The second kappa shape index (κ2) is 6.12. The van der Waals surface area contributed by atoms with Crippen LogP contribution in [0.15, 0.2) is 48.5 Å². The van der Waals surface area contributed by atoms with E-state index < -0.39 is 0 Å². The number of aromatic hydroxyl groups is 1. The van der Waals surface area contributed by atoms with Crippen molar-refractivity contribution in [3.63, 3.8) is 0 Å². The van der Waals surface area contributed by atoms with E-state index in [4.69, 9.17) is 10.5 Å². The van der Waals surface area contributed by atoms with E-state index in [1.54, 1.807) is 18.2 Å². The van der Waals surface area contributed by atoms with E-state index in [-0.39, 0.29) is 5.75 Å². The molecule has 0 aliphatic heterocycles. The predicted octanol–water partition coefficient (Wildman–Crippen LogP) is 3.40. The number of para-hydroxylation sites is 2. The van der Waals surface area contributed by atoms with Crippen molar-refractivity contribution in [2.75, 3.05) is 0 Å². The number of aryl methyl sites for hydroxylation is 1. The number of phenols is 1.